The maximum atomic E-state index is 14.0. The second-order valence-corrected chi connectivity index (χ2v) is 8.31. The van der Waals surface area contributed by atoms with Crippen LogP contribution >= 0.6 is 0 Å². The second kappa shape index (κ2) is 10.8. The van der Waals surface area contributed by atoms with Crippen LogP contribution in [0.1, 0.15) is 99.1 Å². The van der Waals surface area contributed by atoms with Crippen LogP contribution in [0.5, 0.6) is 0 Å². The lowest BCUT2D eigenvalue weighted by molar-refractivity contribution is -0.137. The Kier molecular flexibility index (Phi) is 8.65. The molecule has 0 aliphatic heterocycles. The van der Waals surface area contributed by atoms with Crippen LogP contribution < -0.4 is 0 Å². The maximum absolute atomic E-state index is 14.0. The lowest BCUT2D eigenvalue weighted by Crippen LogP contribution is -2.18. The zero-order chi connectivity index (χ0) is 24.1. The van der Waals surface area contributed by atoms with Gasteiger partial charge in [-0.1, -0.05) is 71.4 Å². The summed E-state index contributed by atoms with van der Waals surface area (Å²) in [6, 6.07) is 5.39. The molecular formula is C26H32F3NO2. The molecule has 32 heavy (non-hydrogen) atoms. The molecular weight excluding hydrogens is 415 g/mol. The van der Waals surface area contributed by atoms with Crippen molar-refractivity contribution in [2.24, 2.45) is 0 Å². The van der Waals surface area contributed by atoms with E-state index in [-0.39, 0.29) is 35.1 Å². The van der Waals surface area contributed by atoms with E-state index in [2.05, 4.69) is 0 Å². The molecule has 1 aromatic carbocycles. The molecule has 0 amide bonds. The van der Waals surface area contributed by atoms with Crippen LogP contribution in [0.25, 0.3) is 17.2 Å². The van der Waals surface area contributed by atoms with Crippen molar-refractivity contribution >= 4 is 12.0 Å². The Labute approximate surface area is 188 Å². The fourth-order valence-corrected chi connectivity index (χ4v) is 3.67. The number of benzene rings is 1. The molecule has 174 valence electrons. The van der Waals surface area contributed by atoms with Gasteiger partial charge in [0, 0.05) is 11.1 Å². The number of carbonyl (C=O) groups excluding carboxylic acids is 1. The Hall–Kier alpha value is -2.63. The molecule has 0 bridgehead atoms. The lowest BCUT2D eigenvalue weighted by atomic mass is 9.85. The number of unbranched alkanes of at least 4 members (excludes halogenated alkanes) is 1. The highest BCUT2D eigenvalue weighted by Crippen LogP contribution is 2.43. The minimum atomic E-state index is -4.58. The minimum absolute atomic E-state index is 0.0367. The van der Waals surface area contributed by atoms with Gasteiger partial charge in [-0.3, -0.25) is 4.98 Å². The van der Waals surface area contributed by atoms with Crippen LogP contribution in [0.2, 0.25) is 0 Å². The summed E-state index contributed by atoms with van der Waals surface area (Å²) >= 11 is 0. The predicted molar refractivity (Wildman–Crippen MR) is 123 cm³/mol. The van der Waals surface area contributed by atoms with E-state index in [4.69, 9.17) is 9.72 Å². The van der Waals surface area contributed by atoms with Crippen molar-refractivity contribution in [1.82, 2.24) is 4.98 Å². The van der Waals surface area contributed by atoms with Gasteiger partial charge >= 0.3 is 12.1 Å². The monoisotopic (exact) mass is 447 g/mol. The normalized spacial score (nSPS) is 12.2. The number of esters is 1. The average Bonchev–Trinajstić information content (AvgIpc) is 2.72. The molecule has 1 aromatic heterocycles. The van der Waals surface area contributed by atoms with E-state index in [0.29, 0.717) is 17.0 Å². The zero-order valence-electron chi connectivity index (χ0n) is 19.6. The van der Waals surface area contributed by atoms with Crippen molar-refractivity contribution in [2.75, 3.05) is 6.61 Å². The van der Waals surface area contributed by atoms with Gasteiger partial charge in [-0.15, -0.1) is 0 Å². The summed E-state index contributed by atoms with van der Waals surface area (Å²) in [6.07, 6.45) is 0.808. The molecule has 3 nitrogen and oxygen atoms in total. The maximum Gasteiger partial charge on any atom is 0.417 e. The SMILES string of the molecule is CCCC=Cc1c(C(C)C)nc(C(C)C)c(C(=O)OCC)c1-c1ccccc1C(F)(F)F. The summed E-state index contributed by atoms with van der Waals surface area (Å²) in [6.45, 7) is 11.5. The third-order valence-corrected chi connectivity index (χ3v) is 5.11. The molecule has 6 heteroatoms. The predicted octanol–water partition coefficient (Wildman–Crippen LogP) is 8.00. The first kappa shape index (κ1) is 25.6. The third-order valence-electron chi connectivity index (χ3n) is 5.11. The average molecular weight is 448 g/mol. The molecule has 1 heterocycles. The fourth-order valence-electron chi connectivity index (χ4n) is 3.67. The fraction of sp³-hybridized carbons (Fsp3) is 0.462. The molecule has 0 unspecified atom stereocenters. The number of carbonyl (C=O) groups is 1. The van der Waals surface area contributed by atoms with Crippen LogP contribution in [0.4, 0.5) is 13.2 Å². The summed E-state index contributed by atoms with van der Waals surface area (Å²) < 4.78 is 47.4. The van der Waals surface area contributed by atoms with Gasteiger partial charge in [0.25, 0.3) is 0 Å². The van der Waals surface area contributed by atoms with E-state index >= 15 is 0 Å². The molecule has 0 fully saturated rings. The largest absolute Gasteiger partial charge is 0.462 e. The Bertz CT molecular complexity index is 976. The van der Waals surface area contributed by atoms with Crippen molar-refractivity contribution in [3.8, 4) is 11.1 Å². The number of aromatic nitrogens is 1. The molecule has 0 saturated carbocycles. The van der Waals surface area contributed by atoms with Crippen LogP contribution in [-0.4, -0.2) is 17.6 Å². The van der Waals surface area contributed by atoms with Gasteiger partial charge in [0.2, 0.25) is 0 Å². The van der Waals surface area contributed by atoms with Crippen molar-refractivity contribution in [1.29, 1.82) is 0 Å². The Balaban J connectivity index is 3.12. The first-order chi connectivity index (χ1) is 15.0. The Morgan fingerprint density at radius 3 is 2.22 bits per heavy atom. The highest BCUT2D eigenvalue weighted by atomic mass is 19.4. The van der Waals surface area contributed by atoms with E-state index in [1.165, 1.54) is 12.1 Å². The summed E-state index contributed by atoms with van der Waals surface area (Å²) in [5.41, 5.74) is 1.19. The first-order valence-corrected chi connectivity index (χ1v) is 11.1. The summed E-state index contributed by atoms with van der Waals surface area (Å²) in [4.78, 5) is 17.9. The van der Waals surface area contributed by atoms with Crippen molar-refractivity contribution in [3.05, 3.63) is 58.4 Å². The highest BCUT2D eigenvalue weighted by molar-refractivity contribution is 6.02. The quantitative estimate of drug-likeness (QED) is 0.385. The van der Waals surface area contributed by atoms with Crippen LogP contribution in [-0.2, 0) is 10.9 Å². The van der Waals surface area contributed by atoms with E-state index in [1.807, 2.05) is 40.7 Å². The lowest BCUT2D eigenvalue weighted by Gasteiger charge is -2.24. The van der Waals surface area contributed by atoms with Crippen molar-refractivity contribution < 1.29 is 22.7 Å². The molecule has 2 rings (SSSR count). The molecule has 0 aliphatic carbocycles. The number of rotatable bonds is 8. The Morgan fingerprint density at radius 1 is 1.06 bits per heavy atom. The number of ether oxygens (including phenoxy) is 1. The van der Waals surface area contributed by atoms with E-state index in [0.717, 1.165) is 18.9 Å². The highest BCUT2D eigenvalue weighted by Gasteiger charge is 2.36. The van der Waals surface area contributed by atoms with Crippen LogP contribution in [0.15, 0.2) is 30.3 Å². The van der Waals surface area contributed by atoms with Crippen LogP contribution in [0.3, 0.4) is 0 Å². The number of allylic oxidation sites excluding steroid dienone is 1. The molecule has 0 atom stereocenters. The summed E-state index contributed by atoms with van der Waals surface area (Å²) in [7, 11) is 0. The molecule has 0 radical (unpaired) electrons. The van der Waals surface area contributed by atoms with Gasteiger partial charge in [-0.2, -0.15) is 13.2 Å². The molecule has 0 aliphatic rings. The van der Waals surface area contributed by atoms with Gasteiger partial charge < -0.3 is 4.74 Å². The summed E-state index contributed by atoms with van der Waals surface area (Å²) in [5.74, 6) is -0.893. The zero-order valence-corrected chi connectivity index (χ0v) is 19.6. The number of pyridine rings is 1. The number of hydrogen-bond acceptors (Lipinski definition) is 3. The number of nitrogens with zero attached hydrogens (tertiary/aromatic N) is 1. The van der Waals surface area contributed by atoms with Gasteiger partial charge in [-0.05, 0) is 36.8 Å². The van der Waals surface area contributed by atoms with Gasteiger partial charge in [0.1, 0.15) is 0 Å². The van der Waals surface area contributed by atoms with Crippen molar-refractivity contribution in [3.63, 3.8) is 0 Å². The topological polar surface area (TPSA) is 39.2 Å². The number of hydrogen-bond donors (Lipinski definition) is 0. The van der Waals surface area contributed by atoms with E-state index in [9.17, 15) is 18.0 Å². The Morgan fingerprint density at radius 2 is 1.69 bits per heavy atom. The number of halogens is 3. The van der Waals surface area contributed by atoms with Crippen molar-refractivity contribution in [2.45, 2.75) is 72.4 Å². The number of alkyl halides is 3. The van der Waals surface area contributed by atoms with Gasteiger partial charge in [-0.25, -0.2) is 4.79 Å². The first-order valence-electron chi connectivity index (χ1n) is 11.1. The third kappa shape index (κ3) is 5.59. The molecule has 0 N–H and O–H groups in total. The van der Waals surface area contributed by atoms with E-state index < -0.39 is 17.7 Å². The standard InChI is InChI=1S/C26H32F3NO2/c1-7-9-10-14-19-21(18-13-11-12-15-20(18)26(27,28)29)22(25(31)32-8-2)24(17(5)6)30-23(19)16(3)4/h10-17H,7-9H2,1-6H3. The van der Waals surface area contributed by atoms with E-state index in [1.54, 1.807) is 19.1 Å². The molecule has 0 saturated heterocycles. The molecule has 2 aromatic rings. The smallest absolute Gasteiger partial charge is 0.417 e. The van der Waals surface area contributed by atoms with Gasteiger partial charge in [0.15, 0.2) is 0 Å². The summed E-state index contributed by atoms with van der Waals surface area (Å²) in [5, 5.41) is 0. The molecule has 0 spiro atoms. The van der Waals surface area contributed by atoms with Gasteiger partial charge in [0.05, 0.1) is 29.1 Å². The van der Waals surface area contributed by atoms with Crippen LogP contribution in [0, 0.1) is 0 Å². The minimum Gasteiger partial charge on any atom is -0.462 e. The second-order valence-electron chi connectivity index (χ2n) is 8.31.